The minimum atomic E-state index is -0.544. The van der Waals surface area contributed by atoms with Gasteiger partial charge in [0.15, 0.2) is 23.1 Å². The summed E-state index contributed by atoms with van der Waals surface area (Å²) < 4.78 is 6.35. The number of pyridine rings is 1. The molecule has 0 amide bonds. The van der Waals surface area contributed by atoms with Gasteiger partial charge in [0.2, 0.25) is 0 Å². The maximum atomic E-state index is 11.6. The third kappa shape index (κ3) is 3.42. The summed E-state index contributed by atoms with van der Waals surface area (Å²) in [5.41, 5.74) is 0.424. The number of anilines is 2. The molecule has 0 unspecified atom stereocenters. The van der Waals surface area contributed by atoms with Crippen molar-refractivity contribution >= 4 is 17.6 Å². The molecule has 3 aromatic heterocycles. The topological polar surface area (TPSA) is 119 Å². The van der Waals surface area contributed by atoms with Crippen molar-refractivity contribution in [2.45, 2.75) is 6.92 Å². The number of carbonyl (C=O) groups is 1. The maximum absolute atomic E-state index is 11.6. The van der Waals surface area contributed by atoms with E-state index in [0.29, 0.717) is 23.0 Å². The molecule has 0 saturated carbocycles. The van der Waals surface area contributed by atoms with Gasteiger partial charge in [0.25, 0.3) is 0 Å². The number of carbonyl (C=O) groups excluding carboxylic acids is 1. The van der Waals surface area contributed by atoms with E-state index in [2.05, 4.69) is 31.7 Å². The average molecular weight is 335 g/mol. The van der Waals surface area contributed by atoms with Crippen molar-refractivity contribution in [3.05, 3.63) is 54.0 Å². The summed E-state index contributed by atoms with van der Waals surface area (Å²) in [6, 6.07) is 10.5. The molecule has 9 nitrogen and oxygen atoms in total. The minimum Gasteiger partial charge on any atom is -0.461 e. The molecule has 9 heteroatoms. The quantitative estimate of drug-likeness (QED) is 0.702. The Hall–Kier alpha value is -3.80. The summed E-state index contributed by atoms with van der Waals surface area (Å²) in [6.07, 6.45) is 3.05. The molecule has 0 aromatic carbocycles. The van der Waals surface area contributed by atoms with Gasteiger partial charge in [0.1, 0.15) is 11.6 Å². The van der Waals surface area contributed by atoms with Gasteiger partial charge in [-0.3, -0.25) is 0 Å². The SMILES string of the molecule is CCOC(=O)c1ccc(Nc2c(C#N)cnn2-c2ccccn2)nn1. The number of hydrogen-bond acceptors (Lipinski definition) is 8. The highest BCUT2D eigenvalue weighted by Gasteiger charge is 2.15. The van der Waals surface area contributed by atoms with Crippen LogP contribution in [0.3, 0.4) is 0 Å². The molecule has 3 aromatic rings. The third-order valence-corrected chi connectivity index (χ3v) is 3.15. The van der Waals surface area contributed by atoms with Crippen LogP contribution in [0.5, 0.6) is 0 Å². The van der Waals surface area contributed by atoms with Crippen LogP contribution in [0.25, 0.3) is 5.82 Å². The highest BCUT2D eigenvalue weighted by molar-refractivity contribution is 5.87. The Labute approximate surface area is 142 Å². The van der Waals surface area contributed by atoms with Crippen LogP contribution in [0.2, 0.25) is 0 Å². The average Bonchev–Trinajstić information content (AvgIpc) is 3.06. The lowest BCUT2D eigenvalue weighted by Gasteiger charge is -2.09. The summed E-state index contributed by atoms with van der Waals surface area (Å²) in [7, 11) is 0. The van der Waals surface area contributed by atoms with E-state index in [-0.39, 0.29) is 12.3 Å². The highest BCUT2D eigenvalue weighted by atomic mass is 16.5. The second kappa shape index (κ2) is 7.18. The molecule has 25 heavy (non-hydrogen) atoms. The monoisotopic (exact) mass is 335 g/mol. The fourth-order valence-electron chi connectivity index (χ4n) is 2.04. The van der Waals surface area contributed by atoms with Crippen LogP contribution in [-0.2, 0) is 4.74 Å². The molecule has 1 N–H and O–H groups in total. The first-order chi connectivity index (χ1) is 12.2. The number of nitriles is 1. The van der Waals surface area contributed by atoms with Crippen molar-refractivity contribution in [1.82, 2.24) is 25.0 Å². The fourth-order valence-corrected chi connectivity index (χ4v) is 2.04. The van der Waals surface area contributed by atoms with Gasteiger partial charge in [0, 0.05) is 6.20 Å². The Bertz CT molecular complexity index is 914. The van der Waals surface area contributed by atoms with E-state index in [0.717, 1.165) is 0 Å². The Balaban J connectivity index is 1.89. The van der Waals surface area contributed by atoms with Gasteiger partial charge < -0.3 is 10.1 Å². The lowest BCUT2D eigenvalue weighted by Crippen LogP contribution is -2.10. The van der Waals surface area contributed by atoms with Crippen molar-refractivity contribution in [3.8, 4) is 11.9 Å². The molecule has 0 aliphatic rings. The van der Waals surface area contributed by atoms with E-state index in [1.165, 1.54) is 16.9 Å². The van der Waals surface area contributed by atoms with Gasteiger partial charge in [0.05, 0.1) is 12.8 Å². The molecule has 3 heterocycles. The number of esters is 1. The largest absolute Gasteiger partial charge is 0.461 e. The van der Waals surface area contributed by atoms with Crippen LogP contribution in [0.1, 0.15) is 23.0 Å². The number of nitrogens with one attached hydrogen (secondary N) is 1. The minimum absolute atomic E-state index is 0.103. The van der Waals surface area contributed by atoms with Gasteiger partial charge in [-0.05, 0) is 31.2 Å². The van der Waals surface area contributed by atoms with Crippen molar-refractivity contribution < 1.29 is 9.53 Å². The number of nitrogens with zero attached hydrogens (tertiary/aromatic N) is 6. The molecule has 0 fully saturated rings. The normalized spacial score (nSPS) is 10.1. The van der Waals surface area contributed by atoms with Crippen molar-refractivity contribution in [1.29, 1.82) is 5.26 Å². The summed E-state index contributed by atoms with van der Waals surface area (Å²) in [5, 5.41) is 24.2. The van der Waals surface area contributed by atoms with E-state index >= 15 is 0 Å². The molecule has 0 aliphatic carbocycles. The molecular weight excluding hydrogens is 322 g/mol. The first-order valence-electron chi connectivity index (χ1n) is 7.40. The zero-order chi connectivity index (χ0) is 17.6. The molecule has 3 rings (SSSR count). The Kier molecular flexibility index (Phi) is 4.62. The summed E-state index contributed by atoms with van der Waals surface area (Å²) in [4.78, 5) is 15.8. The van der Waals surface area contributed by atoms with E-state index < -0.39 is 5.97 Å². The molecule has 0 radical (unpaired) electrons. The first-order valence-corrected chi connectivity index (χ1v) is 7.40. The van der Waals surface area contributed by atoms with E-state index in [1.807, 2.05) is 6.07 Å². The zero-order valence-electron chi connectivity index (χ0n) is 13.2. The Morgan fingerprint density at radius 3 is 2.84 bits per heavy atom. The fraction of sp³-hybridized carbons (Fsp3) is 0.125. The summed E-state index contributed by atoms with van der Waals surface area (Å²) in [5.74, 6) is 0.752. The Morgan fingerprint density at radius 2 is 2.20 bits per heavy atom. The number of hydrogen-bond donors (Lipinski definition) is 1. The maximum Gasteiger partial charge on any atom is 0.358 e. The number of ether oxygens (including phenoxy) is 1. The van der Waals surface area contributed by atoms with Crippen LogP contribution in [-0.4, -0.2) is 37.5 Å². The van der Waals surface area contributed by atoms with Gasteiger partial charge >= 0.3 is 5.97 Å². The van der Waals surface area contributed by atoms with E-state index in [1.54, 1.807) is 31.3 Å². The molecule has 124 valence electrons. The van der Waals surface area contributed by atoms with Crippen molar-refractivity contribution in [2.24, 2.45) is 0 Å². The molecule has 0 saturated heterocycles. The number of rotatable bonds is 5. The smallest absolute Gasteiger partial charge is 0.358 e. The lowest BCUT2D eigenvalue weighted by atomic mass is 10.3. The second-order valence-corrected chi connectivity index (χ2v) is 4.77. The molecular formula is C16H13N7O2. The Morgan fingerprint density at radius 1 is 1.32 bits per heavy atom. The lowest BCUT2D eigenvalue weighted by molar-refractivity contribution is 0.0518. The van der Waals surface area contributed by atoms with Crippen molar-refractivity contribution in [2.75, 3.05) is 11.9 Å². The van der Waals surface area contributed by atoms with E-state index in [4.69, 9.17) is 4.74 Å². The number of aromatic nitrogens is 5. The van der Waals surface area contributed by atoms with Gasteiger partial charge in [-0.2, -0.15) is 15.0 Å². The summed E-state index contributed by atoms with van der Waals surface area (Å²) >= 11 is 0. The molecule has 0 aliphatic heterocycles. The molecule has 0 atom stereocenters. The van der Waals surface area contributed by atoms with Gasteiger partial charge in [-0.25, -0.2) is 9.78 Å². The third-order valence-electron chi connectivity index (χ3n) is 3.15. The van der Waals surface area contributed by atoms with Crippen LogP contribution >= 0.6 is 0 Å². The van der Waals surface area contributed by atoms with Gasteiger partial charge in [-0.15, -0.1) is 10.2 Å². The van der Waals surface area contributed by atoms with Crippen LogP contribution < -0.4 is 5.32 Å². The van der Waals surface area contributed by atoms with Crippen LogP contribution in [0.4, 0.5) is 11.6 Å². The van der Waals surface area contributed by atoms with Crippen molar-refractivity contribution in [3.63, 3.8) is 0 Å². The first kappa shape index (κ1) is 16.1. The standard InChI is InChI=1S/C16H13N7O2/c1-2-25-16(24)12-6-7-13(22-21-12)20-15-11(9-17)10-19-23(15)14-5-3-4-8-18-14/h3-8,10H,2H2,1H3,(H,20,22). The predicted octanol–water partition coefficient (Wildman–Crippen LogP) is 1.85. The molecule has 0 bridgehead atoms. The summed E-state index contributed by atoms with van der Waals surface area (Å²) in [6.45, 7) is 1.97. The zero-order valence-corrected chi connectivity index (χ0v) is 13.2. The second-order valence-electron chi connectivity index (χ2n) is 4.77. The van der Waals surface area contributed by atoms with Gasteiger partial charge in [-0.1, -0.05) is 6.07 Å². The predicted molar refractivity (Wildman–Crippen MR) is 87.3 cm³/mol. The molecule has 0 spiro atoms. The van der Waals surface area contributed by atoms with Crippen LogP contribution in [0.15, 0.2) is 42.7 Å². The van der Waals surface area contributed by atoms with Crippen LogP contribution in [0, 0.1) is 11.3 Å². The highest BCUT2D eigenvalue weighted by Crippen LogP contribution is 2.21. The van der Waals surface area contributed by atoms with E-state index in [9.17, 15) is 10.1 Å².